The SMILES string of the molecule is CC/C=C\C/C=C\C/C=C\C/C=C\C/C=C\C/C=C\C/C=C\C/C=C\C/C=C\C/C=C\CCCCC(=O)OC(COC(=O)CCCCCCCC/C=C\C/C=C\C/C=C\C/C=C\C/C=C\C/C=C\CC)COP(=O)([O-])OCC[N+](C)(C)C. The Kier molecular flexibility index (Phi) is 56.6. The first kappa shape index (κ1) is 76.9. The van der Waals surface area contributed by atoms with Crippen LogP contribution in [0.1, 0.15) is 194 Å². The smallest absolute Gasteiger partial charge is 0.306 e. The Morgan fingerprint density at radius 1 is 0.378 bits per heavy atom. The zero-order chi connectivity index (χ0) is 59.8. The molecular weight excluding hydrogens is 1040 g/mol. The van der Waals surface area contributed by atoms with E-state index in [0.717, 1.165) is 154 Å². The maximum absolute atomic E-state index is 12.8. The monoisotopic (exact) mass is 1150 g/mol. The van der Waals surface area contributed by atoms with E-state index in [9.17, 15) is 19.0 Å². The summed E-state index contributed by atoms with van der Waals surface area (Å²) < 4.78 is 34.1. The number of hydrogen-bond acceptors (Lipinski definition) is 8. The van der Waals surface area contributed by atoms with Crippen LogP contribution in [0, 0.1) is 0 Å². The van der Waals surface area contributed by atoms with Crippen molar-refractivity contribution in [3.8, 4) is 0 Å². The molecule has 10 heteroatoms. The molecule has 0 aliphatic rings. The molecule has 0 bridgehead atoms. The number of phosphoric ester groups is 1. The highest BCUT2D eigenvalue weighted by molar-refractivity contribution is 7.45. The number of nitrogens with zero attached hydrogens (tertiary/aromatic N) is 1. The minimum Gasteiger partial charge on any atom is -0.756 e. The minimum atomic E-state index is -4.67. The van der Waals surface area contributed by atoms with Gasteiger partial charge in [-0.2, -0.15) is 0 Å². The summed E-state index contributed by atoms with van der Waals surface area (Å²) in [5.41, 5.74) is 0. The molecule has 0 spiro atoms. The van der Waals surface area contributed by atoms with Crippen molar-refractivity contribution < 1.29 is 42.1 Å². The topological polar surface area (TPSA) is 111 Å². The van der Waals surface area contributed by atoms with Crippen LogP contribution < -0.4 is 4.89 Å². The second-order valence-electron chi connectivity index (χ2n) is 20.9. The summed E-state index contributed by atoms with van der Waals surface area (Å²) in [6, 6.07) is 0. The Bertz CT molecular complexity index is 2080. The Balaban J connectivity index is 4.33. The van der Waals surface area contributed by atoms with Crippen molar-refractivity contribution in [1.29, 1.82) is 0 Å². The van der Waals surface area contributed by atoms with Gasteiger partial charge in [0, 0.05) is 12.8 Å². The zero-order valence-corrected chi connectivity index (χ0v) is 52.7. The zero-order valence-electron chi connectivity index (χ0n) is 51.8. The van der Waals surface area contributed by atoms with Gasteiger partial charge in [0.1, 0.15) is 19.8 Å². The van der Waals surface area contributed by atoms with E-state index >= 15 is 0 Å². The molecule has 0 aromatic rings. The van der Waals surface area contributed by atoms with Crippen molar-refractivity contribution in [2.75, 3.05) is 47.5 Å². The molecule has 0 fully saturated rings. The fourth-order valence-corrected chi connectivity index (χ4v) is 8.12. The molecule has 2 unspecified atom stereocenters. The van der Waals surface area contributed by atoms with Crippen molar-refractivity contribution in [2.45, 2.75) is 200 Å². The highest BCUT2D eigenvalue weighted by Gasteiger charge is 2.21. The van der Waals surface area contributed by atoms with Gasteiger partial charge in [0.2, 0.25) is 0 Å². The Hall–Kier alpha value is -5.15. The molecule has 2 atom stereocenters. The third-order valence-corrected chi connectivity index (χ3v) is 13.1. The van der Waals surface area contributed by atoms with E-state index < -0.39 is 32.5 Å². The molecule has 0 heterocycles. The third kappa shape index (κ3) is 64.0. The second kappa shape index (κ2) is 60.4. The molecule has 0 saturated carbocycles. The summed E-state index contributed by atoms with van der Waals surface area (Å²) in [5, 5.41) is 0. The lowest BCUT2D eigenvalue weighted by Crippen LogP contribution is -2.37. The summed E-state index contributed by atoms with van der Waals surface area (Å²) >= 11 is 0. The number of esters is 2. The van der Waals surface area contributed by atoms with Crippen molar-refractivity contribution in [3.63, 3.8) is 0 Å². The molecular formula is C72H112NO8P. The van der Waals surface area contributed by atoms with Crippen LogP contribution in [0.15, 0.2) is 194 Å². The molecule has 458 valence electrons. The van der Waals surface area contributed by atoms with Crippen LogP contribution in [-0.2, 0) is 32.7 Å². The van der Waals surface area contributed by atoms with E-state index in [1.807, 2.05) is 21.1 Å². The van der Waals surface area contributed by atoms with E-state index in [0.29, 0.717) is 23.9 Å². The van der Waals surface area contributed by atoms with Crippen LogP contribution in [0.2, 0.25) is 0 Å². The van der Waals surface area contributed by atoms with Gasteiger partial charge in [-0.25, -0.2) is 0 Å². The molecule has 0 N–H and O–H groups in total. The maximum atomic E-state index is 12.8. The number of rotatable bonds is 54. The van der Waals surface area contributed by atoms with E-state index in [2.05, 4.69) is 208 Å². The Morgan fingerprint density at radius 3 is 1.00 bits per heavy atom. The fraction of sp³-hybridized carbons (Fsp3) is 0.528. The van der Waals surface area contributed by atoms with E-state index in [4.69, 9.17) is 18.5 Å². The number of ether oxygens (including phenoxy) is 2. The average Bonchev–Trinajstić information content (AvgIpc) is 3.46. The number of carbonyl (C=O) groups is 2. The lowest BCUT2D eigenvalue weighted by atomic mass is 10.1. The fourth-order valence-electron chi connectivity index (χ4n) is 7.39. The number of unbranched alkanes of at least 4 members (excludes halogenated alkanes) is 8. The number of allylic oxidation sites excluding steroid dienone is 32. The van der Waals surface area contributed by atoms with Gasteiger partial charge in [-0.05, 0) is 141 Å². The highest BCUT2D eigenvalue weighted by Crippen LogP contribution is 2.38. The van der Waals surface area contributed by atoms with Crippen LogP contribution in [0.5, 0.6) is 0 Å². The standard InChI is InChI=1S/C72H112NO8P/c1-6-8-10-12-14-16-18-20-22-24-26-28-30-32-33-34-35-36-37-38-39-41-43-45-47-49-51-53-55-57-59-61-63-65-72(75)81-70(69-80-82(76,77)79-67-66-73(3,4)5)68-78-71(74)64-62-60-58-56-54-52-50-48-46-44-42-40-31-29-27-25-23-21-19-17-15-13-11-9-7-2/h8-11,14-17,20-23,26-29,32-33,35-36,38-40,42-43,45-46,48-49,51,55,57,70H,6-7,12-13,18-19,24-25,30-31,34,37,41,44,47,50,52-54,56,58-69H2,1-5H3/b10-8-,11-9-,16-14-,17-15-,22-20-,23-21-,28-26-,29-27-,33-32-,36-35-,39-38-,42-40-,45-43-,48-46-,51-49-,57-55-. The molecule has 0 aromatic carbocycles. The van der Waals surface area contributed by atoms with Crippen LogP contribution in [0.25, 0.3) is 0 Å². The first-order valence-electron chi connectivity index (χ1n) is 31.1. The molecule has 82 heavy (non-hydrogen) atoms. The summed E-state index contributed by atoms with van der Waals surface area (Å²) in [6.45, 7) is 3.90. The quantitative estimate of drug-likeness (QED) is 0.0195. The number of likely N-dealkylation sites (N-methyl/N-ethyl adjacent to an activating group) is 1. The van der Waals surface area contributed by atoms with Gasteiger partial charge >= 0.3 is 11.9 Å². The Morgan fingerprint density at radius 2 is 0.659 bits per heavy atom. The third-order valence-electron chi connectivity index (χ3n) is 12.1. The lowest BCUT2D eigenvalue weighted by molar-refractivity contribution is -0.870. The van der Waals surface area contributed by atoms with Gasteiger partial charge in [-0.3, -0.25) is 14.2 Å². The number of hydrogen-bond donors (Lipinski definition) is 0. The number of quaternary nitrogens is 1. The average molecular weight is 1150 g/mol. The van der Waals surface area contributed by atoms with Gasteiger partial charge in [0.25, 0.3) is 7.82 Å². The predicted octanol–water partition coefficient (Wildman–Crippen LogP) is 19.5. The molecule has 9 nitrogen and oxygen atoms in total. The van der Waals surface area contributed by atoms with Crippen molar-refractivity contribution in [3.05, 3.63) is 194 Å². The first-order chi connectivity index (χ1) is 40.0. The van der Waals surface area contributed by atoms with E-state index in [-0.39, 0.29) is 26.1 Å². The minimum absolute atomic E-state index is 0.0545. The maximum Gasteiger partial charge on any atom is 0.306 e. The molecule has 0 aliphatic heterocycles. The van der Waals surface area contributed by atoms with Crippen molar-refractivity contribution in [2.24, 2.45) is 0 Å². The van der Waals surface area contributed by atoms with Gasteiger partial charge < -0.3 is 27.9 Å². The van der Waals surface area contributed by atoms with Gasteiger partial charge in [-0.1, -0.05) is 234 Å². The van der Waals surface area contributed by atoms with Gasteiger partial charge in [0.15, 0.2) is 6.10 Å². The first-order valence-corrected chi connectivity index (χ1v) is 32.6. The molecule has 0 amide bonds. The van der Waals surface area contributed by atoms with Crippen LogP contribution in [-0.4, -0.2) is 70.0 Å². The Labute approximate surface area is 501 Å². The van der Waals surface area contributed by atoms with Crippen molar-refractivity contribution >= 4 is 19.8 Å². The molecule has 0 radical (unpaired) electrons. The summed E-state index contributed by atoms with van der Waals surface area (Å²) in [5.74, 6) is -0.921. The van der Waals surface area contributed by atoms with Crippen LogP contribution in [0.4, 0.5) is 0 Å². The number of carbonyl (C=O) groups excluding carboxylic acids is 2. The highest BCUT2D eigenvalue weighted by atomic mass is 31.2. The molecule has 0 saturated heterocycles. The second-order valence-corrected chi connectivity index (χ2v) is 22.4. The van der Waals surface area contributed by atoms with E-state index in [1.54, 1.807) is 0 Å². The van der Waals surface area contributed by atoms with Crippen LogP contribution >= 0.6 is 7.82 Å². The van der Waals surface area contributed by atoms with Gasteiger partial charge in [0.05, 0.1) is 27.7 Å². The largest absolute Gasteiger partial charge is 0.756 e. The summed E-state index contributed by atoms with van der Waals surface area (Å²) in [7, 11) is 1.09. The van der Waals surface area contributed by atoms with Crippen molar-refractivity contribution in [1.82, 2.24) is 0 Å². The number of phosphoric acid groups is 1. The predicted molar refractivity (Wildman–Crippen MR) is 350 cm³/mol. The summed E-state index contributed by atoms with van der Waals surface area (Å²) in [6.07, 6.45) is 94.8. The normalized spacial score (nSPS) is 14.6. The van der Waals surface area contributed by atoms with Crippen LogP contribution in [0.3, 0.4) is 0 Å². The molecule has 0 aliphatic carbocycles. The summed E-state index contributed by atoms with van der Waals surface area (Å²) in [4.78, 5) is 37.9. The molecule has 0 aromatic heterocycles. The lowest BCUT2D eigenvalue weighted by Gasteiger charge is -2.28. The van der Waals surface area contributed by atoms with E-state index in [1.165, 1.54) is 0 Å². The molecule has 0 rings (SSSR count). The van der Waals surface area contributed by atoms with Gasteiger partial charge in [-0.15, -0.1) is 0 Å².